The lowest BCUT2D eigenvalue weighted by molar-refractivity contribution is 0.112. The average molecular weight is 383 g/mol. The highest BCUT2D eigenvalue weighted by Crippen LogP contribution is 2.38. The molecule has 0 aliphatic rings. The van der Waals surface area contributed by atoms with Crippen molar-refractivity contribution in [3.8, 4) is 22.2 Å². The summed E-state index contributed by atoms with van der Waals surface area (Å²) >= 11 is 1.37. The molecule has 0 spiro atoms. The Morgan fingerprint density at radius 1 is 1.11 bits per heavy atom. The summed E-state index contributed by atoms with van der Waals surface area (Å²) in [6.45, 7) is 1.66. The van der Waals surface area contributed by atoms with Crippen molar-refractivity contribution < 1.29 is 18.7 Å². The van der Waals surface area contributed by atoms with Crippen molar-refractivity contribution in [2.24, 2.45) is 0 Å². The molecule has 0 fully saturated rings. The first-order chi connectivity index (χ1) is 13.0. The van der Waals surface area contributed by atoms with Crippen molar-refractivity contribution in [1.29, 1.82) is 0 Å². The van der Waals surface area contributed by atoms with Gasteiger partial charge in [0.25, 0.3) is 0 Å². The van der Waals surface area contributed by atoms with Gasteiger partial charge in [-0.05, 0) is 19.1 Å². The summed E-state index contributed by atoms with van der Waals surface area (Å²) in [5.74, 6) is 0.0903. The van der Waals surface area contributed by atoms with Gasteiger partial charge in [-0.2, -0.15) is 0 Å². The molecule has 0 unspecified atom stereocenters. The average Bonchev–Trinajstić information content (AvgIpc) is 3.13. The molecule has 0 aliphatic heterocycles. The number of fused-ring (bicyclic) bond motifs is 2. The zero-order valence-corrected chi connectivity index (χ0v) is 15.6. The standard InChI is InChI=1S/C19H14FN3O3S/c1-9-16(20)13(25-2)6-14-17(9)23-19(27-14)11-4-10(8-24)5-12-18(11)21-7-15(22-12)26-3/h4-8H,1-3H3. The van der Waals surface area contributed by atoms with Crippen LogP contribution in [0.5, 0.6) is 11.6 Å². The number of carbonyl (C=O) groups is 1. The van der Waals surface area contributed by atoms with Gasteiger partial charge in [-0.3, -0.25) is 4.79 Å². The van der Waals surface area contributed by atoms with Crippen molar-refractivity contribution in [3.63, 3.8) is 0 Å². The fourth-order valence-electron chi connectivity index (χ4n) is 2.89. The SMILES string of the molecule is COc1cnc2c(-c3nc4c(C)c(F)c(OC)cc4s3)cc(C=O)cc2n1. The minimum atomic E-state index is -0.433. The Morgan fingerprint density at radius 3 is 2.63 bits per heavy atom. The quantitative estimate of drug-likeness (QED) is 0.492. The van der Waals surface area contributed by atoms with Crippen LogP contribution in [0.4, 0.5) is 4.39 Å². The van der Waals surface area contributed by atoms with Crippen LogP contribution < -0.4 is 9.47 Å². The summed E-state index contributed by atoms with van der Waals surface area (Å²) in [7, 11) is 2.92. The van der Waals surface area contributed by atoms with Crippen LogP contribution in [0.2, 0.25) is 0 Å². The van der Waals surface area contributed by atoms with E-state index in [1.165, 1.54) is 31.8 Å². The van der Waals surface area contributed by atoms with Crippen LogP contribution in [-0.2, 0) is 0 Å². The van der Waals surface area contributed by atoms with E-state index in [0.29, 0.717) is 44.1 Å². The molecule has 0 amide bonds. The number of aldehydes is 1. The Kier molecular flexibility index (Phi) is 4.19. The van der Waals surface area contributed by atoms with E-state index in [1.807, 2.05) is 0 Å². The minimum absolute atomic E-state index is 0.172. The third-order valence-electron chi connectivity index (χ3n) is 4.26. The number of aryl methyl sites for hydroxylation is 1. The Bertz CT molecular complexity index is 1210. The Hall–Kier alpha value is -3.13. The molecule has 0 bridgehead atoms. The zero-order valence-electron chi connectivity index (χ0n) is 14.7. The largest absolute Gasteiger partial charge is 0.494 e. The molecule has 0 N–H and O–H groups in total. The molecule has 4 rings (SSSR count). The fourth-order valence-corrected chi connectivity index (χ4v) is 3.96. The van der Waals surface area contributed by atoms with Crippen molar-refractivity contribution >= 4 is 38.9 Å². The lowest BCUT2D eigenvalue weighted by atomic mass is 10.1. The number of hydrogen-bond donors (Lipinski definition) is 0. The molecular weight excluding hydrogens is 369 g/mol. The number of hydrogen-bond acceptors (Lipinski definition) is 7. The van der Waals surface area contributed by atoms with Crippen molar-refractivity contribution in [2.45, 2.75) is 6.92 Å². The summed E-state index contributed by atoms with van der Waals surface area (Å²) in [5, 5.41) is 0.619. The van der Waals surface area contributed by atoms with Crippen LogP contribution in [0.3, 0.4) is 0 Å². The molecule has 0 atom stereocenters. The van der Waals surface area contributed by atoms with Crippen LogP contribution in [0, 0.1) is 12.7 Å². The molecule has 0 radical (unpaired) electrons. The molecule has 2 aromatic carbocycles. The topological polar surface area (TPSA) is 74.2 Å². The van der Waals surface area contributed by atoms with Crippen molar-refractivity contribution in [3.05, 3.63) is 41.3 Å². The molecule has 0 saturated heterocycles. The first kappa shape index (κ1) is 17.3. The van der Waals surface area contributed by atoms with Gasteiger partial charge in [0.05, 0.1) is 41.7 Å². The summed E-state index contributed by atoms with van der Waals surface area (Å²) < 4.78 is 25.4. The normalized spacial score (nSPS) is 11.1. The lowest BCUT2D eigenvalue weighted by Crippen LogP contribution is -1.94. The van der Waals surface area contributed by atoms with E-state index >= 15 is 0 Å². The Labute approximate surface area is 157 Å². The second-order valence-electron chi connectivity index (χ2n) is 5.85. The summed E-state index contributed by atoms with van der Waals surface area (Å²) in [6.07, 6.45) is 2.25. The van der Waals surface area contributed by atoms with Crippen LogP contribution in [-0.4, -0.2) is 35.5 Å². The summed E-state index contributed by atoms with van der Waals surface area (Å²) in [4.78, 5) is 24.7. The maximum Gasteiger partial charge on any atom is 0.232 e. The Morgan fingerprint density at radius 2 is 1.93 bits per heavy atom. The van der Waals surface area contributed by atoms with Crippen LogP contribution in [0.15, 0.2) is 24.4 Å². The number of thiazole rings is 1. The van der Waals surface area contributed by atoms with Crippen LogP contribution >= 0.6 is 11.3 Å². The summed E-state index contributed by atoms with van der Waals surface area (Å²) in [6, 6.07) is 4.97. The van der Waals surface area contributed by atoms with E-state index in [2.05, 4.69) is 15.0 Å². The van der Waals surface area contributed by atoms with Gasteiger partial charge in [-0.1, -0.05) is 0 Å². The maximum absolute atomic E-state index is 14.4. The third kappa shape index (κ3) is 2.78. The van der Waals surface area contributed by atoms with Crippen LogP contribution in [0.1, 0.15) is 15.9 Å². The van der Waals surface area contributed by atoms with E-state index in [-0.39, 0.29) is 5.75 Å². The van der Waals surface area contributed by atoms with Gasteiger partial charge in [0, 0.05) is 22.8 Å². The molecular formula is C19H14FN3O3S. The monoisotopic (exact) mass is 383 g/mol. The van der Waals surface area contributed by atoms with E-state index in [0.717, 1.165) is 11.0 Å². The second kappa shape index (κ2) is 6.55. The molecule has 2 heterocycles. The highest BCUT2D eigenvalue weighted by Gasteiger charge is 2.18. The molecule has 0 aliphatic carbocycles. The number of methoxy groups -OCH3 is 2. The van der Waals surface area contributed by atoms with Crippen molar-refractivity contribution in [1.82, 2.24) is 15.0 Å². The van der Waals surface area contributed by atoms with E-state index in [1.54, 1.807) is 25.1 Å². The van der Waals surface area contributed by atoms with Crippen LogP contribution in [0.25, 0.3) is 31.8 Å². The summed E-state index contributed by atoms with van der Waals surface area (Å²) in [5.41, 5.74) is 3.18. The first-order valence-electron chi connectivity index (χ1n) is 7.99. The third-order valence-corrected chi connectivity index (χ3v) is 5.29. The number of aromatic nitrogens is 3. The molecule has 4 aromatic rings. The number of ether oxygens (including phenoxy) is 2. The van der Waals surface area contributed by atoms with Gasteiger partial charge < -0.3 is 9.47 Å². The molecule has 0 saturated carbocycles. The molecule has 136 valence electrons. The second-order valence-corrected chi connectivity index (χ2v) is 6.88. The van der Waals surface area contributed by atoms with Gasteiger partial charge in [-0.25, -0.2) is 19.3 Å². The number of carbonyl (C=O) groups excluding carboxylic acids is 1. The lowest BCUT2D eigenvalue weighted by Gasteiger charge is -2.06. The maximum atomic E-state index is 14.4. The Balaban J connectivity index is 2.01. The predicted molar refractivity (Wildman–Crippen MR) is 101 cm³/mol. The number of nitrogens with zero attached hydrogens (tertiary/aromatic N) is 3. The predicted octanol–water partition coefficient (Wildman–Crippen LogP) is 4.18. The van der Waals surface area contributed by atoms with E-state index < -0.39 is 5.82 Å². The molecule has 2 aromatic heterocycles. The molecule has 8 heteroatoms. The van der Waals surface area contributed by atoms with Gasteiger partial charge in [0.1, 0.15) is 11.3 Å². The smallest absolute Gasteiger partial charge is 0.232 e. The molecule has 27 heavy (non-hydrogen) atoms. The van der Waals surface area contributed by atoms with E-state index in [4.69, 9.17) is 9.47 Å². The fraction of sp³-hybridized carbons (Fsp3) is 0.158. The van der Waals surface area contributed by atoms with E-state index in [9.17, 15) is 9.18 Å². The van der Waals surface area contributed by atoms with Gasteiger partial charge in [0.15, 0.2) is 11.6 Å². The highest BCUT2D eigenvalue weighted by molar-refractivity contribution is 7.21. The first-order valence-corrected chi connectivity index (χ1v) is 8.81. The van der Waals surface area contributed by atoms with Gasteiger partial charge >= 0.3 is 0 Å². The minimum Gasteiger partial charge on any atom is -0.494 e. The zero-order chi connectivity index (χ0) is 19.1. The van der Waals surface area contributed by atoms with Gasteiger partial charge in [0.2, 0.25) is 5.88 Å². The van der Waals surface area contributed by atoms with Gasteiger partial charge in [-0.15, -0.1) is 11.3 Å². The number of rotatable bonds is 4. The number of benzene rings is 2. The molecule has 6 nitrogen and oxygen atoms in total. The highest BCUT2D eigenvalue weighted by atomic mass is 32.1. The van der Waals surface area contributed by atoms with Crippen molar-refractivity contribution in [2.75, 3.05) is 14.2 Å². The number of halogens is 1.